The van der Waals surface area contributed by atoms with Crippen molar-refractivity contribution in [1.82, 2.24) is 0 Å². The summed E-state index contributed by atoms with van der Waals surface area (Å²) in [5.74, 6) is -1.47. The summed E-state index contributed by atoms with van der Waals surface area (Å²) in [4.78, 5) is 0. The minimum atomic E-state index is -0.891. The number of aliphatic hydroxyl groups excluding tert-OH is 1. The van der Waals surface area contributed by atoms with Crippen molar-refractivity contribution >= 4 is 11.6 Å². The third kappa shape index (κ3) is 1.44. The van der Waals surface area contributed by atoms with Crippen molar-refractivity contribution in [2.75, 3.05) is 0 Å². The average molecular weight is 177 g/mol. The fraction of sp³-hybridized carbons (Fsp3) is 0.143. The maximum absolute atomic E-state index is 12.7. The zero-order valence-corrected chi connectivity index (χ0v) is 6.27. The van der Waals surface area contributed by atoms with Gasteiger partial charge in [-0.05, 0) is 6.07 Å². The van der Waals surface area contributed by atoms with Crippen molar-refractivity contribution < 1.29 is 14.6 Å². The van der Waals surface area contributed by atoms with Crippen molar-refractivity contribution in [1.29, 1.82) is 0 Å². The molecule has 0 spiro atoms. The van der Waals surface area contributed by atoms with E-state index >= 15 is 0 Å². The molecule has 4 heteroatoms. The molecule has 2 nitrogen and oxygen atoms in total. The summed E-state index contributed by atoms with van der Waals surface area (Å²) in [5.41, 5.74) is 0.131. The van der Waals surface area contributed by atoms with Gasteiger partial charge in [0, 0.05) is 5.56 Å². The predicted molar refractivity (Wildman–Crippen MR) is 39.0 cm³/mol. The summed E-state index contributed by atoms with van der Waals surface area (Å²) in [6.45, 7) is -0.403. The highest BCUT2D eigenvalue weighted by molar-refractivity contribution is 6.30. The van der Waals surface area contributed by atoms with Crippen LogP contribution < -0.4 is 0 Å². The molecule has 60 valence electrons. The molecular formula is C7H6ClFO2. The molecule has 0 unspecified atom stereocenters. The van der Waals surface area contributed by atoms with E-state index in [4.69, 9.17) is 21.8 Å². The fourth-order valence-electron chi connectivity index (χ4n) is 0.708. The largest absolute Gasteiger partial charge is 0.505 e. The van der Waals surface area contributed by atoms with Crippen molar-refractivity contribution in [2.24, 2.45) is 0 Å². The van der Waals surface area contributed by atoms with Crippen LogP contribution in [0.15, 0.2) is 12.1 Å². The van der Waals surface area contributed by atoms with Crippen molar-refractivity contribution in [3.63, 3.8) is 0 Å². The van der Waals surface area contributed by atoms with Crippen LogP contribution in [0.5, 0.6) is 5.75 Å². The van der Waals surface area contributed by atoms with E-state index in [1.807, 2.05) is 0 Å². The highest BCUT2D eigenvalue weighted by atomic mass is 35.5. The van der Waals surface area contributed by atoms with Gasteiger partial charge in [0.25, 0.3) is 0 Å². The molecule has 0 aliphatic heterocycles. The van der Waals surface area contributed by atoms with Gasteiger partial charge in [-0.2, -0.15) is 0 Å². The van der Waals surface area contributed by atoms with Gasteiger partial charge in [0.2, 0.25) is 0 Å². The number of halogens is 2. The van der Waals surface area contributed by atoms with Crippen LogP contribution in [0.2, 0.25) is 5.02 Å². The van der Waals surface area contributed by atoms with E-state index in [2.05, 4.69) is 0 Å². The summed E-state index contributed by atoms with van der Waals surface area (Å²) < 4.78 is 12.7. The Labute approximate surface area is 67.9 Å². The smallest absolute Gasteiger partial charge is 0.183 e. The van der Waals surface area contributed by atoms with E-state index in [-0.39, 0.29) is 10.6 Å². The van der Waals surface area contributed by atoms with Crippen LogP contribution in [0.25, 0.3) is 0 Å². The molecule has 0 atom stereocenters. The topological polar surface area (TPSA) is 40.5 Å². The molecule has 0 saturated carbocycles. The van der Waals surface area contributed by atoms with Gasteiger partial charge in [-0.15, -0.1) is 0 Å². The van der Waals surface area contributed by atoms with Gasteiger partial charge in [-0.25, -0.2) is 4.39 Å². The van der Waals surface area contributed by atoms with Gasteiger partial charge in [-0.3, -0.25) is 0 Å². The number of phenols is 1. The van der Waals surface area contributed by atoms with Crippen molar-refractivity contribution in [3.8, 4) is 5.75 Å². The molecule has 0 radical (unpaired) electrons. The Morgan fingerprint density at radius 3 is 2.64 bits per heavy atom. The van der Waals surface area contributed by atoms with Gasteiger partial charge in [-0.1, -0.05) is 17.7 Å². The minimum Gasteiger partial charge on any atom is -0.505 e. The van der Waals surface area contributed by atoms with E-state index < -0.39 is 18.2 Å². The molecule has 11 heavy (non-hydrogen) atoms. The summed E-state index contributed by atoms with van der Waals surface area (Å²) in [6.07, 6.45) is 0. The monoisotopic (exact) mass is 176 g/mol. The summed E-state index contributed by atoms with van der Waals surface area (Å²) >= 11 is 5.33. The molecule has 0 aliphatic carbocycles. The van der Waals surface area contributed by atoms with E-state index in [1.165, 1.54) is 12.1 Å². The molecule has 0 aliphatic rings. The Hall–Kier alpha value is -0.800. The Kier molecular flexibility index (Phi) is 2.31. The van der Waals surface area contributed by atoms with Gasteiger partial charge < -0.3 is 10.2 Å². The van der Waals surface area contributed by atoms with Gasteiger partial charge in [0.05, 0.1) is 11.6 Å². The van der Waals surface area contributed by atoms with Gasteiger partial charge in [0.1, 0.15) is 0 Å². The molecule has 1 aromatic carbocycles. The lowest BCUT2D eigenvalue weighted by atomic mass is 10.2. The summed E-state index contributed by atoms with van der Waals surface area (Å²) in [7, 11) is 0. The summed E-state index contributed by atoms with van der Waals surface area (Å²) in [6, 6.07) is 2.64. The second-order valence-electron chi connectivity index (χ2n) is 2.03. The van der Waals surface area contributed by atoms with E-state index in [0.29, 0.717) is 0 Å². The first-order valence-corrected chi connectivity index (χ1v) is 3.31. The molecule has 1 aromatic rings. The maximum atomic E-state index is 12.7. The lowest BCUT2D eigenvalue weighted by molar-refractivity contribution is 0.273. The van der Waals surface area contributed by atoms with Crippen molar-refractivity contribution in [2.45, 2.75) is 6.61 Å². The van der Waals surface area contributed by atoms with Gasteiger partial charge in [0.15, 0.2) is 11.6 Å². The highest BCUT2D eigenvalue weighted by Crippen LogP contribution is 2.27. The SMILES string of the molecule is OCc1ccc(Cl)c(F)c1O. The first kappa shape index (κ1) is 8.30. The molecule has 0 bridgehead atoms. The average Bonchev–Trinajstić information content (AvgIpc) is 2.01. The zero-order chi connectivity index (χ0) is 8.43. The third-order valence-electron chi connectivity index (χ3n) is 1.32. The number of aromatic hydroxyl groups is 1. The predicted octanol–water partition coefficient (Wildman–Crippen LogP) is 1.68. The first-order valence-electron chi connectivity index (χ1n) is 2.93. The molecule has 0 heterocycles. The number of hydrogen-bond acceptors (Lipinski definition) is 2. The Balaban J connectivity index is 3.25. The van der Waals surface area contributed by atoms with Crippen LogP contribution in [0.3, 0.4) is 0 Å². The van der Waals surface area contributed by atoms with Crippen LogP contribution in [-0.4, -0.2) is 10.2 Å². The zero-order valence-electron chi connectivity index (χ0n) is 5.51. The lowest BCUT2D eigenvalue weighted by Gasteiger charge is -2.02. The van der Waals surface area contributed by atoms with E-state index in [9.17, 15) is 4.39 Å². The van der Waals surface area contributed by atoms with Crippen LogP contribution in [0, 0.1) is 5.82 Å². The van der Waals surface area contributed by atoms with Gasteiger partial charge >= 0.3 is 0 Å². The standard InChI is InChI=1S/C7H6ClFO2/c8-5-2-1-4(3-10)7(11)6(5)9/h1-2,10-11H,3H2. The number of aliphatic hydroxyl groups is 1. The molecule has 0 saturated heterocycles. The first-order chi connectivity index (χ1) is 5.16. The Morgan fingerprint density at radius 1 is 1.45 bits per heavy atom. The van der Waals surface area contributed by atoms with Crippen LogP contribution >= 0.6 is 11.6 Å². The molecule has 0 aromatic heterocycles. The summed E-state index contributed by atoms with van der Waals surface area (Å²) in [5, 5.41) is 17.4. The number of benzene rings is 1. The van der Waals surface area contributed by atoms with Crippen LogP contribution in [0.4, 0.5) is 4.39 Å². The molecule has 0 fully saturated rings. The maximum Gasteiger partial charge on any atom is 0.183 e. The second kappa shape index (κ2) is 3.07. The van der Waals surface area contributed by atoms with Crippen LogP contribution in [-0.2, 0) is 6.61 Å². The van der Waals surface area contributed by atoms with E-state index in [1.54, 1.807) is 0 Å². The third-order valence-corrected chi connectivity index (χ3v) is 1.61. The highest BCUT2D eigenvalue weighted by Gasteiger charge is 2.09. The number of rotatable bonds is 1. The van der Waals surface area contributed by atoms with E-state index in [0.717, 1.165) is 0 Å². The Morgan fingerprint density at radius 2 is 2.09 bits per heavy atom. The second-order valence-corrected chi connectivity index (χ2v) is 2.43. The normalized spacial score (nSPS) is 10.1. The number of hydrogen-bond donors (Lipinski definition) is 2. The molecule has 2 N–H and O–H groups in total. The minimum absolute atomic E-state index is 0.131. The Bertz CT molecular complexity index is 275. The molecular weight excluding hydrogens is 171 g/mol. The quantitative estimate of drug-likeness (QED) is 0.684. The lowest BCUT2D eigenvalue weighted by Crippen LogP contribution is -1.87. The fourth-order valence-corrected chi connectivity index (χ4v) is 0.860. The van der Waals surface area contributed by atoms with Crippen molar-refractivity contribution in [3.05, 3.63) is 28.5 Å². The van der Waals surface area contributed by atoms with Crippen LogP contribution in [0.1, 0.15) is 5.56 Å². The molecule has 1 rings (SSSR count). The molecule has 0 amide bonds.